The summed E-state index contributed by atoms with van der Waals surface area (Å²) in [5.74, 6) is 1.41. The van der Waals surface area contributed by atoms with Crippen molar-refractivity contribution in [2.24, 2.45) is 5.92 Å². The number of aryl methyl sites for hydroxylation is 1. The van der Waals surface area contributed by atoms with Crippen LogP contribution in [0.5, 0.6) is 0 Å². The van der Waals surface area contributed by atoms with Crippen LogP contribution in [0.4, 0.5) is 11.6 Å². The molecule has 1 aromatic carbocycles. The number of nitrogens with zero attached hydrogens (tertiary/aromatic N) is 4. The summed E-state index contributed by atoms with van der Waals surface area (Å²) in [4.78, 5) is 13.2. The minimum atomic E-state index is -0.851. The van der Waals surface area contributed by atoms with E-state index in [0.717, 1.165) is 41.4 Å². The van der Waals surface area contributed by atoms with Crippen LogP contribution in [0.15, 0.2) is 42.9 Å². The van der Waals surface area contributed by atoms with Crippen molar-refractivity contribution >= 4 is 33.6 Å². The molecule has 0 radical (unpaired) electrons. The number of fused-ring (bicyclic) bond motifs is 3. The SMILES string of the molecule is C[C@H]1Cc2cc3ccc(CC[C@H]4C[C@@H](n5ccc6c(N)ncnc65)[C@H](O)[C@@H]4O)cc3nc2N1. The minimum absolute atomic E-state index is 0.00664. The first-order valence-corrected chi connectivity index (χ1v) is 11.6. The largest absolute Gasteiger partial charge is 0.390 e. The molecule has 5 N–H and O–H groups in total. The first kappa shape index (κ1) is 20.4. The number of aliphatic hydroxyl groups is 2. The second-order valence-corrected chi connectivity index (χ2v) is 9.57. The van der Waals surface area contributed by atoms with Gasteiger partial charge < -0.3 is 25.8 Å². The zero-order valence-electron chi connectivity index (χ0n) is 18.5. The van der Waals surface area contributed by atoms with Crippen LogP contribution in [0.3, 0.4) is 0 Å². The molecule has 0 amide bonds. The summed E-state index contributed by atoms with van der Waals surface area (Å²) in [5, 5.41) is 27.0. The molecule has 8 heteroatoms. The van der Waals surface area contributed by atoms with Crippen LogP contribution < -0.4 is 11.1 Å². The molecular weight excluding hydrogens is 416 g/mol. The lowest BCUT2D eigenvalue weighted by Gasteiger charge is -2.19. The molecule has 0 spiro atoms. The van der Waals surface area contributed by atoms with Gasteiger partial charge in [-0.05, 0) is 67.9 Å². The predicted octanol–water partition coefficient (Wildman–Crippen LogP) is 2.83. The smallest absolute Gasteiger partial charge is 0.145 e. The Morgan fingerprint density at radius 1 is 1.15 bits per heavy atom. The average molecular weight is 445 g/mol. The molecular formula is C25H28N6O2. The third kappa shape index (κ3) is 3.41. The summed E-state index contributed by atoms with van der Waals surface area (Å²) in [7, 11) is 0. The number of aromatic nitrogens is 4. The van der Waals surface area contributed by atoms with Crippen LogP contribution in [0.2, 0.25) is 0 Å². The van der Waals surface area contributed by atoms with Crippen LogP contribution in [-0.2, 0) is 12.8 Å². The van der Waals surface area contributed by atoms with E-state index in [9.17, 15) is 10.2 Å². The van der Waals surface area contributed by atoms with Crippen molar-refractivity contribution in [2.45, 2.75) is 56.9 Å². The molecule has 0 saturated heterocycles. The monoisotopic (exact) mass is 444 g/mol. The number of nitrogen functional groups attached to an aromatic ring is 1. The fraction of sp³-hybridized carbons (Fsp3) is 0.400. The van der Waals surface area contributed by atoms with Crippen molar-refractivity contribution in [3.05, 3.63) is 54.0 Å². The van der Waals surface area contributed by atoms with Crippen molar-refractivity contribution in [3.63, 3.8) is 0 Å². The maximum absolute atomic E-state index is 10.8. The summed E-state index contributed by atoms with van der Waals surface area (Å²) >= 11 is 0. The Morgan fingerprint density at radius 2 is 2.03 bits per heavy atom. The number of aliphatic hydroxyl groups excluding tert-OH is 2. The van der Waals surface area contributed by atoms with E-state index in [-0.39, 0.29) is 12.0 Å². The lowest BCUT2D eigenvalue weighted by molar-refractivity contribution is 0.00545. The Morgan fingerprint density at radius 3 is 2.91 bits per heavy atom. The Labute approximate surface area is 191 Å². The van der Waals surface area contributed by atoms with Crippen molar-refractivity contribution in [3.8, 4) is 0 Å². The van der Waals surface area contributed by atoms with E-state index >= 15 is 0 Å². The molecule has 33 heavy (non-hydrogen) atoms. The van der Waals surface area contributed by atoms with Crippen LogP contribution >= 0.6 is 0 Å². The van der Waals surface area contributed by atoms with Crippen LogP contribution in [0.1, 0.15) is 36.9 Å². The number of anilines is 2. The van der Waals surface area contributed by atoms with E-state index < -0.39 is 12.2 Å². The van der Waals surface area contributed by atoms with E-state index in [1.165, 1.54) is 17.5 Å². The van der Waals surface area contributed by atoms with Crippen molar-refractivity contribution in [2.75, 3.05) is 11.1 Å². The second kappa shape index (κ2) is 7.67. The number of hydrogen-bond acceptors (Lipinski definition) is 7. The molecule has 3 aromatic heterocycles. The second-order valence-electron chi connectivity index (χ2n) is 9.57. The van der Waals surface area contributed by atoms with Crippen molar-refractivity contribution in [1.82, 2.24) is 19.5 Å². The number of nitrogens with one attached hydrogen (secondary N) is 1. The van der Waals surface area contributed by atoms with E-state index in [1.807, 2.05) is 16.8 Å². The molecule has 6 rings (SSSR count). The minimum Gasteiger partial charge on any atom is -0.390 e. The zero-order valence-corrected chi connectivity index (χ0v) is 18.5. The van der Waals surface area contributed by atoms with Gasteiger partial charge in [0.15, 0.2) is 0 Å². The van der Waals surface area contributed by atoms with Crippen LogP contribution in [0, 0.1) is 5.92 Å². The summed E-state index contributed by atoms with van der Waals surface area (Å²) in [6.45, 7) is 2.17. The van der Waals surface area contributed by atoms with Crippen molar-refractivity contribution < 1.29 is 10.2 Å². The predicted molar refractivity (Wildman–Crippen MR) is 128 cm³/mol. The average Bonchev–Trinajstić information content (AvgIpc) is 3.46. The maximum atomic E-state index is 10.8. The molecule has 1 aliphatic carbocycles. The van der Waals surface area contributed by atoms with Gasteiger partial charge in [-0.15, -0.1) is 0 Å². The van der Waals surface area contributed by atoms with Crippen LogP contribution in [0.25, 0.3) is 21.9 Å². The van der Waals surface area contributed by atoms with Crippen molar-refractivity contribution in [1.29, 1.82) is 0 Å². The van der Waals surface area contributed by atoms with Gasteiger partial charge in [0, 0.05) is 17.6 Å². The molecule has 0 unspecified atom stereocenters. The lowest BCUT2D eigenvalue weighted by Crippen LogP contribution is -2.29. The molecule has 1 fully saturated rings. The Balaban J connectivity index is 1.19. The summed E-state index contributed by atoms with van der Waals surface area (Å²) in [6.07, 6.45) is 4.98. The van der Waals surface area contributed by atoms with Gasteiger partial charge >= 0.3 is 0 Å². The number of pyridine rings is 1. The molecule has 0 bridgehead atoms. The zero-order chi connectivity index (χ0) is 22.7. The van der Waals surface area contributed by atoms with Gasteiger partial charge in [-0.25, -0.2) is 15.0 Å². The Hall–Kier alpha value is -3.23. The van der Waals surface area contributed by atoms with Gasteiger partial charge in [0.05, 0.1) is 23.0 Å². The summed E-state index contributed by atoms with van der Waals surface area (Å²) in [5.41, 5.74) is 10.1. The van der Waals surface area contributed by atoms with Gasteiger partial charge in [-0.2, -0.15) is 0 Å². The highest BCUT2D eigenvalue weighted by atomic mass is 16.3. The first-order valence-electron chi connectivity index (χ1n) is 11.6. The van der Waals surface area contributed by atoms with Gasteiger partial charge in [0.1, 0.15) is 29.7 Å². The number of rotatable bonds is 4. The first-order chi connectivity index (χ1) is 16.0. The van der Waals surface area contributed by atoms with Gasteiger partial charge in [0.25, 0.3) is 0 Å². The quantitative estimate of drug-likeness (QED) is 0.382. The normalized spacial score (nSPS) is 26.7. The molecule has 1 aliphatic heterocycles. The lowest BCUT2D eigenvalue weighted by atomic mass is 9.95. The van der Waals surface area contributed by atoms with E-state index in [0.29, 0.717) is 23.9 Å². The van der Waals surface area contributed by atoms with E-state index in [2.05, 4.69) is 46.5 Å². The van der Waals surface area contributed by atoms with Gasteiger partial charge in [0.2, 0.25) is 0 Å². The topological polar surface area (TPSA) is 122 Å². The molecule has 4 heterocycles. The van der Waals surface area contributed by atoms with E-state index in [4.69, 9.17) is 10.7 Å². The number of hydrogen-bond donors (Lipinski definition) is 4. The van der Waals surface area contributed by atoms with Gasteiger partial charge in [-0.3, -0.25) is 0 Å². The highest BCUT2D eigenvalue weighted by molar-refractivity contribution is 5.86. The Kier molecular flexibility index (Phi) is 4.74. The molecule has 1 saturated carbocycles. The standard InChI is InChI=1S/C25H28N6O2/c1-13-8-17-10-15-4-2-14(9-19(15)30-24(17)29-13)3-5-16-11-20(22(33)21(16)32)31-7-6-18-23(26)27-12-28-25(18)31/h2,4,6-7,9-10,12-13,16,20-22,32-33H,3,5,8,11H2,1H3,(H,29,30)(H2,26,27,28)/t13-,16-,20+,21+,22-/m0/s1. The molecule has 170 valence electrons. The highest BCUT2D eigenvalue weighted by Crippen LogP contribution is 2.40. The van der Waals surface area contributed by atoms with E-state index in [1.54, 1.807) is 0 Å². The summed E-state index contributed by atoms with van der Waals surface area (Å²) < 4.78 is 1.93. The summed E-state index contributed by atoms with van der Waals surface area (Å²) in [6, 6.07) is 10.7. The Bertz CT molecular complexity index is 1350. The third-order valence-electron chi connectivity index (χ3n) is 7.34. The third-order valence-corrected chi connectivity index (χ3v) is 7.34. The fourth-order valence-electron chi connectivity index (χ4n) is 5.58. The number of nitrogens with two attached hydrogens (primary N) is 1. The fourth-order valence-corrected chi connectivity index (χ4v) is 5.58. The van der Waals surface area contributed by atoms with Gasteiger partial charge in [-0.1, -0.05) is 12.1 Å². The molecule has 5 atom stereocenters. The molecule has 2 aliphatic rings. The molecule has 8 nitrogen and oxygen atoms in total. The maximum Gasteiger partial charge on any atom is 0.145 e. The number of benzene rings is 1. The van der Waals surface area contributed by atoms with Crippen LogP contribution in [-0.4, -0.2) is 48.0 Å². The highest BCUT2D eigenvalue weighted by Gasteiger charge is 2.42. The molecule has 4 aromatic rings.